The normalized spacial score (nSPS) is 9.70. The van der Waals surface area contributed by atoms with Crippen LogP contribution in [0.25, 0.3) is 0 Å². The van der Waals surface area contributed by atoms with Crippen LogP contribution in [0, 0.1) is 11.3 Å². The molecule has 20 heavy (non-hydrogen) atoms. The van der Waals surface area contributed by atoms with Crippen LogP contribution in [0.5, 0.6) is 23.1 Å². The molecule has 1 aromatic carbocycles. The molecule has 1 aromatic heterocycles. The Hall–Kier alpha value is -2.52. The molecule has 0 saturated heterocycles. The lowest BCUT2D eigenvalue weighted by Crippen LogP contribution is -1.97. The van der Waals surface area contributed by atoms with Crippen molar-refractivity contribution in [1.82, 2.24) is 9.97 Å². The third-order valence-corrected chi connectivity index (χ3v) is 2.70. The van der Waals surface area contributed by atoms with Crippen LogP contribution < -0.4 is 14.2 Å². The Morgan fingerprint density at radius 3 is 2.60 bits per heavy atom. The van der Waals surface area contributed by atoms with Crippen molar-refractivity contribution in [2.75, 3.05) is 14.2 Å². The van der Waals surface area contributed by atoms with Crippen LogP contribution in [-0.4, -0.2) is 24.2 Å². The van der Waals surface area contributed by atoms with Crippen LogP contribution in [0.3, 0.4) is 0 Å². The molecule has 6 nitrogen and oxygen atoms in total. The minimum atomic E-state index is 0.144. The first kappa shape index (κ1) is 13.9. The zero-order valence-electron chi connectivity index (χ0n) is 10.8. The maximum atomic E-state index is 8.85. The SMILES string of the molecule is COc1cc(C#N)ccc1Oc1ncnc(Cl)c1OC. The first-order chi connectivity index (χ1) is 9.69. The number of ether oxygens (including phenoxy) is 3. The van der Waals surface area contributed by atoms with E-state index in [9.17, 15) is 0 Å². The van der Waals surface area contributed by atoms with Crippen molar-refractivity contribution in [2.24, 2.45) is 0 Å². The summed E-state index contributed by atoms with van der Waals surface area (Å²) in [6.07, 6.45) is 1.26. The third-order valence-electron chi connectivity index (χ3n) is 2.43. The van der Waals surface area contributed by atoms with Gasteiger partial charge in [-0.25, -0.2) is 4.98 Å². The Morgan fingerprint density at radius 2 is 1.95 bits per heavy atom. The van der Waals surface area contributed by atoms with Gasteiger partial charge >= 0.3 is 0 Å². The molecule has 0 spiro atoms. The van der Waals surface area contributed by atoms with Gasteiger partial charge in [-0.15, -0.1) is 0 Å². The standard InChI is InChI=1S/C13H10ClN3O3/c1-18-10-5-8(6-15)3-4-9(10)20-13-11(19-2)12(14)16-7-17-13/h3-5,7H,1-2H3. The number of methoxy groups -OCH3 is 2. The maximum absolute atomic E-state index is 8.85. The summed E-state index contributed by atoms with van der Waals surface area (Å²) in [7, 11) is 2.92. The molecule has 0 atom stereocenters. The molecule has 2 rings (SSSR count). The number of aromatic nitrogens is 2. The predicted molar refractivity (Wildman–Crippen MR) is 71.4 cm³/mol. The summed E-state index contributed by atoms with van der Waals surface area (Å²) < 4.78 is 15.9. The fraction of sp³-hybridized carbons (Fsp3) is 0.154. The zero-order valence-corrected chi connectivity index (χ0v) is 11.5. The van der Waals surface area contributed by atoms with Crippen molar-refractivity contribution in [3.8, 4) is 29.2 Å². The van der Waals surface area contributed by atoms with E-state index >= 15 is 0 Å². The van der Waals surface area contributed by atoms with Gasteiger partial charge in [0.1, 0.15) is 6.33 Å². The first-order valence-electron chi connectivity index (χ1n) is 5.50. The van der Waals surface area contributed by atoms with E-state index in [0.717, 1.165) is 0 Å². The number of rotatable bonds is 4. The summed E-state index contributed by atoms with van der Waals surface area (Å²) in [5, 5.41) is 9.00. The van der Waals surface area contributed by atoms with E-state index in [4.69, 9.17) is 31.1 Å². The second-order valence-corrected chi connectivity index (χ2v) is 3.94. The molecule has 2 aromatic rings. The summed E-state index contributed by atoms with van der Waals surface area (Å²) >= 11 is 5.89. The van der Waals surface area contributed by atoms with Crippen LogP contribution in [0.2, 0.25) is 5.15 Å². The van der Waals surface area contributed by atoms with Crippen molar-refractivity contribution in [3.63, 3.8) is 0 Å². The van der Waals surface area contributed by atoms with E-state index in [2.05, 4.69) is 9.97 Å². The molecule has 0 radical (unpaired) electrons. The van der Waals surface area contributed by atoms with Crippen LogP contribution in [0.4, 0.5) is 0 Å². The lowest BCUT2D eigenvalue weighted by Gasteiger charge is -2.12. The topological polar surface area (TPSA) is 77.3 Å². The van der Waals surface area contributed by atoms with Crippen molar-refractivity contribution in [2.45, 2.75) is 0 Å². The van der Waals surface area contributed by atoms with Crippen LogP contribution >= 0.6 is 11.6 Å². The van der Waals surface area contributed by atoms with Gasteiger partial charge in [-0.1, -0.05) is 11.6 Å². The van der Waals surface area contributed by atoms with Crippen molar-refractivity contribution in [3.05, 3.63) is 35.2 Å². The molecular formula is C13H10ClN3O3. The molecule has 0 unspecified atom stereocenters. The fourth-order valence-electron chi connectivity index (χ4n) is 1.51. The molecule has 0 aliphatic heterocycles. The monoisotopic (exact) mass is 291 g/mol. The van der Waals surface area contributed by atoms with Crippen molar-refractivity contribution in [1.29, 1.82) is 5.26 Å². The molecule has 0 amide bonds. The van der Waals surface area contributed by atoms with Gasteiger partial charge in [-0.3, -0.25) is 0 Å². The molecule has 0 N–H and O–H groups in total. The smallest absolute Gasteiger partial charge is 0.267 e. The highest BCUT2D eigenvalue weighted by molar-refractivity contribution is 6.31. The van der Waals surface area contributed by atoms with E-state index in [-0.39, 0.29) is 16.8 Å². The molecular weight excluding hydrogens is 282 g/mol. The van der Waals surface area contributed by atoms with E-state index in [1.165, 1.54) is 20.5 Å². The van der Waals surface area contributed by atoms with Crippen molar-refractivity contribution >= 4 is 11.6 Å². The molecule has 1 heterocycles. The van der Waals surface area contributed by atoms with Gasteiger partial charge in [0.25, 0.3) is 5.88 Å². The molecule has 0 fully saturated rings. The second kappa shape index (κ2) is 6.08. The highest BCUT2D eigenvalue weighted by atomic mass is 35.5. The minimum Gasteiger partial charge on any atom is -0.493 e. The molecule has 0 aliphatic carbocycles. The van der Waals surface area contributed by atoms with E-state index in [0.29, 0.717) is 17.1 Å². The molecule has 0 saturated carbocycles. The summed E-state index contributed by atoms with van der Waals surface area (Å²) in [5.41, 5.74) is 0.460. The number of hydrogen-bond acceptors (Lipinski definition) is 6. The van der Waals surface area contributed by atoms with E-state index < -0.39 is 0 Å². The zero-order chi connectivity index (χ0) is 14.5. The van der Waals surface area contributed by atoms with Gasteiger partial charge in [0, 0.05) is 6.07 Å². The van der Waals surface area contributed by atoms with E-state index in [1.807, 2.05) is 6.07 Å². The van der Waals surface area contributed by atoms with Gasteiger partial charge in [-0.05, 0) is 12.1 Å². The third kappa shape index (κ3) is 2.73. The summed E-state index contributed by atoms with van der Waals surface area (Å²) in [4.78, 5) is 7.76. The Labute approximate surface area is 120 Å². The highest BCUT2D eigenvalue weighted by Gasteiger charge is 2.15. The molecule has 0 aliphatic rings. The Bertz CT molecular complexity index is 670. The number of nitriles is 1. The summed E-state index contributed by atoms with van der Waals surface area (Å²) in [6, 6.07) is 6.79. The molecule has 102 valence electrons. The number of nitrogens with zero attached hydrogens (tertiary/aromatic N) is 3. The van der Waals surface area contributed by atoms with Crippen molar-refractivity contribution < 1.29 is 14.2 Å². The Balaban J connectivity index is 2.40. The predicted octanol–water partition coefficient (Wildman–Crippen LogP) is 2.81. The average molecular weight is 292 g/mol. The molecule has 0 bridgehead atoms. The minimum absolute atomic E-state index is 0.144. The van der Waals surface area contributed by atoms with Gasteiger partial charge in [0.15, 0.2) is 16.7 Å². The first-order valence-corrected chi connectivity index (χ1v) is 5.88. The quantitative estimate of drug-likeness (QED) is 0.806. The van der Waals surface area contributed by atoms with Crippen LogP contribution in [0.1, 0.15) is 5.56 Å². The lowest BCUT2D eigenvalue weighted by molar-refractivity contribution is 0.347. The Kier molecular flexibility index (Phi) is 4.23. The van der Waals surface area contributed by atoms with Crippen LogP contribution in [-0.2, 0) is 0 Å². The highest BCUT2D eigenvalue weighted by Crippen LogP contribution is 2.37. The largest absolute Gasteiger partial charge is 0.493 e. The Morgan fingerprint density at radius 1 is 1.15 bits per heavy atom. The number of halogens is 1. The number of benzene rings is 1. The van der Waals surface area contributed by atoms with Crippen LogP contribution in [0.15, 0.2) is 24.5 Å². The average Bonchev–Trinajstić information content (AvgIpc) is 2.48. The summed E-state index contributed by atoms with van der Waals surface area (Å²) in [5.74, 6) is 1.18. The van der Waals surface area contributed by atoms with E-state index in [1.54, 1.807) is 18.2 Å². The van der Waals surface area contributed by atoms with Gasteiger partial charge in [0.05, 0.1) is 25.9 Å². The fourth-order valence-corrected chi connectivity index (χ4v) is 1.71. The lowest BCUT2D eigenvalue weighted by atomic mass is 10.2. The van der Waals surface area contributed by atoms with Gasteiger partial charge < -0.3 is 14.2 Å². The van der Waals surface area contributed by atoms with Gasteiger partial charge in [0.2, 0.25) is 5.75 Å². The number of hydrogen-bond donors (Lipinski definition) is 0. The molecule has 7 heteroatoms. The summed E-state index contributed by atoms with van der Waals surface area (Å²) in [6.45, 7) is 0. The maximum Gasteiger partial charge on any atom is 0.267 e. The van der Waals surface area contributed by atoms with Gasteiger partial charge in [-0.2, -0.15) is 10.2 Å². The second-order valence-electron chi connectivity index (χ2n) is 3.58.